The first kappa shape index (κ1) is 18.6. The third kappa shape index (κ3) is 4.00. The predicted octanol–water partition coefficient (Wildman–Crippen LogP) is 3.47. The highest BCUT2D eigenvalue weighted by atomic mass is 16.2. The molecule has 2 amide bonds. The van der Waals surface area contributed by atoms with Crippen LogP contribution in [-0.2, 0) is 11.3 Å². The van der Waals surface area contributed by atoms with Crippen molar-refractivity contribution in [3.63, 3.8) is 0 Å². The molecule has 140 valence electrons. The van der Waals surface area contributed by atoms with Crippen molar-refractivity contribution in [3.05, 3.63) is 59.9 Å². The van der Waals surface area contributed by atoms with Crippen molar-refractivity contribution < 1.29 is 9.59 Å². The van der Waals surface area contributed by atoms with Gasteiger partial charge in [0.25, 0.3) is 5.91 Å². The number of nitrogens with zero attached hydrogens (tertiary/aromatic N) is 3. The van der Waals surface area contributed by atoms with Crippen molar-refractivity contribution in [2.45, 2.75) is 27.3 Å². The zero-order valence-electron chi connectivity index (χ0n) is 15.9. The van der Waals surface area contributed by atoms with Gasteiger partial charge in [-0.05, 0) is 51.1 Å². The van der Waals surface area contributed by atoms with Gasteiger partial charge < -0.3 is 14.8 Å². The summed E-state index contributed by atoms with van der Waals surface area (Å²) < 4.78 is 1.88. The number of benzene rings is 2. The summed E-state index contributed by atoms with van der Waals surface area (Å²) in [5, 5.41) is 2.88. The van der Waals surface area contributed by atoms with E-state index in [9.17, 15) is 9.59 Å². The summed E-state index contributed by atoms with van der Waals surface area (Å²) in [6, 6.07) is 14.8. The molecule has 0 aliphatic carbocycles. The molecular weight excluding hydrogens is 340 g/mol. The minimum absolute atomic E-state index is 0.0347. The minimum Gasteiger partial charge on any atom is -0.339 e. The van der Waals surface area contributed by atoms with Crippen LogP contribution in [0.2, 0.25) is 0 Å². The Morgan fingerprint density at radius 1 is 1.07 bits per heavy atom. The molecule has 1 heterocycles. The van der Waals surface area contributed by atoms with Crippen LogP contribution in [0.15, 0.2) is 48.5 Å². The molecule has 0 bridgehead atoms. The number of anilines is 1. The Balaban J connectivity index is 1.75. The number of aromatic nitrogens is 2. The third-order valence-corrected chi connectivity index (χ3v) is 4.59. The Kier molecular flexibility index (Phi) is 5.54. The molecule has 0 spiro atoms. The van der Waals surface area contributed by atoms with Gasteiger partial charge in [0.2, 0.25) is 5.91 Å². The van der Waals surface area contributed by atoms with Gasteiger partial charge in [-0.25, -0.2) is 4.98 Å². The lowest BCUT2D eigenvalue weighted by Gasteiger charge is -2.19. The van der Waals surface area contributed by atoms with E-state index < -0.39 is 0 Å². The van der Waals surface area contributed by atoms with Crippen LogP contribution in [0.3, 0.4) is 0 Å². The minimum atomic E-state index is -0.159. The molecular formula is C21H24N4O2. The first-order chi connectivity index (χ1) is 13.0. The normalized spacial score (nSPS) is 10.8. The number of imidazole rings is 1. The number of carbonyl (C=O) groups is 2. The number of rotatable bonds is 6. The average Bonchev–Trinajstić information content (AvgIpc) is 2.98. The quantitative estimate of drug-likeness (QED) is 0.728. The molecule has 0 aliphatic rings. The summed E-state index contributed by atoms with van der Waals surface area (Å²) in [7, 11) is 0. The SMILES string of the molecule is CCN(CC)C(=O)c1cccc(NC(=O)Cn2c(C)nc3ccccc32)c1. The lowest BCUT2D eigenvalue weighted by molar-refractivity contribution is -0.116. The number of nitrogens with one attached hydrogen (secondary N) is 1. The maximum atomic E-state index is 12.5. The van der Waals surface area contributed by atoms with Gasteiger partial charge in [-0.15, -0.1) is 0 Å². The molecule has 1 aromatic heterocycles. The van der Waals surface area contributed by atoms with Gasteiger partial charge in [-0.3, -0.25) is 9.59 Å². The number of hydrogen-bond donors (Lipinski definition) is 1. The number of para-hydroxylation sites is 2. The lowest BCUT2D eigenvalue weighted by Crippen LogP contribution is -2.30. The maximum Gasteiger partial charge on any atom is 0.253 e. The molecule has 0 aliphatic heterocycles. The van der Waals surface area contributed by atoms with Gasteiger partial charge in [-0.1, -0.05) is 18.2 Å². The predicted molar refractivity (Wildman–Crippen MR) is 107 cm³/mol. The number of aryl methyl sites for hydroxylation is 1. The van der Waals surface area contributed by atoms with E-state index >= 15 is 0 Å². The molecule has 3 aromatic rings. The second-order valence-corrected chi connectivity index (χ2v) is 6.34. The Hall–Kier alpha value is -3.15. The zero-order valence-corrected chi connectivity index (χ0v) is 15.9. The highest BCUT2D eigenvalue weighted by molar-refractivity contribution is 5.97. The fourth-order valence-corrected chi connectivity index (χ4v) is 3.16. The van der Waals surface area contributed by atoms with Crippen LogP contribution in [0.5, 0.6) is 0 Å². The Morgan fingerprint density at radius 2 is 1.81 bits per heavy atom. The van der Waals surface area contributed by atoms with Crippen LogP contribution < -0.4 is 5.32 Å². The number of hydrogen-bond acceptors (Lipinski definition) is 3. The molecule has 27 heavy (non-hydrogen) atoms. The van der Waals surface area contributed by atoms with Crippen molar-refractivity contribution in [1.29, 1.82) is 0 Å². The summed E-state index contributed by atoms with van der Waals surface area (Å²) in [6.07, 6.45) is 0. The molecule has 0 atom stereocenters. The smallest absolute Gasteiger partial charge is 0.253 e. The van der Waals surface area contributed by atoms with E-state index in [2.05, 4.69) is 10.3 Å². The fraction of sp³-hybridized carbons (Fsp3) is 0.286. The van der Waals surface area contributed by atoms with Crippen molar-refractivity contribution in [2.24, 2.45) is 0 Å². The van der Waals surface area contributed by atoms with Crippen molar-refractivity contribution >= 4 is 28.5 Å². The van der Waals surface area contributed by atoms with Gasteiger partial charge in [0, 0.05) is 24.3 Å². The van der Waals surface area contributed by atoms with E-state index in [0.29, 0.717) is 24.3 Å². The Bertz CT molecular complexity index is 973. The van der Waals surface area contributed by atoms with Crippen molar-refractivity contribution in [2.75, 3.05) is 18.4 Å². The highest BCUT2D eigenvalue weighted by Gasteiger charge is 2.14. The summed E-state index contributed by atoms with van der Waals surface area (Å²) in [5.74, 6) is 0.595. The Labute approximate surface area is 158 Å². The molecule has 0 fully saturated rings. The van der Waals surface area contributed by atoms with Gasteiger partial charge in [0.05, 0.1) is 11.0 Å². The van der Waals surface area contributed by atoms with Crippen LogP contribution >= 0.6 is 0 Å². The molecule has 1 N–H and O–H groups in total. The molecule has 0 saturated heterocycles. The first-order valence-electron chi connectivity index (χ1n) is 9.14. The Morgan fingerprint density at radius 3 is 2.56 bits per heavy atom. The van der Waals surface area contributed by atoms with Gasteiger partial charge in [0.15, 0.2) is 0 Å². The summed E-state index contributed by atoms with van der Waals surface area (Å²) in [6.45, 7) is 7.25. The van der Waals surface area contributed by atoms with E-state index in [1.807, 2.05) is 49.6 Å². The van der Waals surface area contributed by atoms with Crippen molar-refractivity contribution in [3.8, 4) is 0 Å². The molecule has 2 aromatic carbocycles. The van der Waals surface area contributed by atoms with Gasteiger partial charge in [0.1, 0.15) is 12.4 Å². The molecule has 0 radical (unpaired) electrons. The topological polar surface area (TPSA) is 67.2 Å². The molecule has 0 unspecified atom stereocenters. The zero-order chi connectivity index (χ0) is 19.4. The first-order valence-corrected chi connectivity index (χ1v) is 9.14. The fourth-order valence-electron chi connectivity index (χ4n) is 3.16. The molecule has 0 saturated carbocycles. The summed E-state index contributed by atoms with van der Waals surface area (Å²) >= 11 is 0. The maximum absolute atomic E-state index is 12.5. The number of amides is 2. The van der Waals surface area contributed by atoms with Crippen LogP contribution in [0.25, 0.3) is 11.0 Å². The molecule has 3 rings (SSSR count). The molecule has 6 heteroatoms. The standard InChI is InChI=1S/C21H24N4O2/c1-4-24(5-2)21(27)16-9-8-10-17(13-16)23-20(26)14-25-15(3)22-18-11-6-7-12-19(18)25/h6-13H,4-5,14H2,1-3H3,(H,23,26). The van der Waals surface area contributed by atoms with Crippen LogP contribution in [-0.4, -0.2) is 39.4 Å². The van der Waals surface area contributed by atoms with Gasteiger partial charge >= 0.3 is 0 Å². The molecule has 6 nitrogen and oxygen atoms in total. The average molecular weight is 364 g/mol. The van der Waals surface area contributed by atoms with E-state index in [1.165, 1.54) is 0 Å². The van der Waals surface area contributed by atoms with Crippen molar-refractivity contribution in [1.82, 2.24) is 14.5 Å². The lowest BCUT2D eigenvalue weighted by atomic mass is 10.1. The summed E-state index contributed by atoms with van der Waals surface area (Å²) in [4.78, 5) is 31.3. The largest absolute Gasteiger partial charge is 0.339 e. The second kappa shape index (κ2) is 8.03. The summed E-state index contributed by atoms with van der Waals surface area (Å²) in [5.41, 5.74) is 2.98. The van der Waals surface area contributed by atoms with Crippen LogP contribution in [0, 0.1) is 6.92 Å². The third-order valence-electron chi connectivity index (χ3n) is 4.59. The van der Waals surface area contributed by atoms with Crippen LogP contribution in [0.4, 0.5) is 5.69 Å². The van der Waals surface area contributed by atoms with Crippen LogP contribution in [0.1, 0.15) is 30.0 Å². The number of fused-ring (bicyclic) bond motifs is 1. The van der Waals surface area contributed by atoms with Gasteiger partial charge in [-0.2, -0.15) is 0 Å². The van der Waals surface area contributed by atoms with E-state index in [4.69, 9.17) is 0 Å². The highest BCUT2D eigenvalue weighted by Crippen LogP contribution is 2.17. The second-order valence-electron chi connectivity index (χ2n) is 6.34. The van der Waals surface area contributed by atoms with E-state index in [1.54, 1.807) is 29.2 Å². The number of carbonyl (C=O) groups excluding carboxylic acids is 2. The van der Waals surface area contributed by atoms with E-state index in [0.717, 1.165) is 16.9 Å². The van der Waals surface area contributed by atoms with E-state index in [-0.39, 0.29) is 18.4 Å². The monoisotopic (exact) mass is 364 g/mol.